The number of carbonyl (C=O) groups excluding carboxylic acids is 1. The van der Waals surface area contributed by atoms with Gasteiger partial charge in [0.1, 0.15) is 5.82 Å². The first kappa shape index (κ1) is 20.2. The van der Waals surface area contributed by atoms with E-state index in [2.05, 4.69) is 15.2 Å². The molecular weight excluding hydrogens is 400 g/mol. The molecule has 0 spiro atoms. The Hall–Kier alpha value is -1.67. The summed E-state index contributed by atoms with van der Waals surface area (Å²) in [4.78, 5) is 19.5. The van der Waals surface area contributed by atoms with Gasteiger partial charge in [0.15, 0.2) is 0 Å². The molecule has 1 amide bonds. The Bertz CT molecular complexity index is 846. The van der Waals surface area contributed by atoms with Crippen LogP contribution in [0.5, 0.6) is 0 Å². The second-order valence-corrected chi connectivity index (χ2v) is 11.9. The number of amides is 1. The zero-order valence-electron chi connectivity index (χ0n) is 17.5. The number of anilines is 1. The van der Waals surface area contributed by atoms with E-state index in [-0.39, 0.29) is 23.6 Å². The molecule has 0 unspecified atom stereocenters. The number of hydrogen-bond donors (Lipinski definition) is 1. The van der Waals surface area contributed by atoms with Crippen molar-refractivity contribution in [1.29, 1.82) is 0 Å². The van der Waals surface area contributed by atoms with E-state index < -0.39 is 10.0 Å². The minimum absolute atomic E-state index is 0.0192. The standard InChI is InChI=1S/C22H32N4O3S/c27-21(22-14-17-11-18(15-22)13-19(12-17)16-22)24-5-10-30(28,29)26-8-6-25(7-9-26)20-3-1-2-4-23-20/h1-4,17-19H,5-16H2,(H,24,27). The molecular formula is C22H32N4O3S. The lowest BCUT2D eigenvalue weighted by Crippen LogP contribution is -2.54. The average Bonchev–Trinajstić information content (AvgIpc) is 2.73. The highest BCUT2D eigenvalue weighted by Crippen LogP contribution is 2.60. The summed E-state index contributed by atoms with van der Waals surface area (Å²) in [7, 11) is -3.37. The molecule has 5 aliphatic rings. The molecule has 0 atom stereocenters. The van der Waals surface area contributed by atoms with Crippen LogP contribution in [0.3, 0.4) is 0 Å². The van der Waals surface area contributed by atoms with Crippen LogP contribution in [-0.4, -0.2) is 62.1 Å². The Kier molecular flexibility index (Phi) is 5.25. The maximum Gasteiger partial charge on any atom is 0.226 e. The number of nitrogens with zero attached hydrogens (tertiary/aromatic N) is 3. The lowest BCUT2D eigenvalue weighted by Gasteiger charge is -2.55. The van der Waals surface area contributed by atoms with Crippen molar-refractivity contribution in [2.75, 3.05) is 43.4 Å². The van der Waals surface area contributed by atoms with Gasteiger partial charge in [0.05, 0.1) is 5.75 Å². The number of nitrogens with one attached hydrogen (secondary N) is 1. The van der Waals surface area contributed by atoms with Gasteiger partial charge >= 0.3 is 0 Å². The number of sulfonamides is 1. The fourth-order valence-electron chi connectivity index (χ4n) is 6.74. The molecule has 4 aliphatic carbocycles. The van der Waals surface area contributed by atoms with Crippen LogP contribution in [0.15, 0.2) is 24.4 Å². The van der Waals surface area contributed by atoms with E-state index in [1.165, 1.54) is 19.3 Å². The second kappa shape index (κ2) is 7.79. The molecule has 1 N–H and O–H groups in total. The molecule has 30 heavy (non-hydrogen) atoms. The molecule has 164 valence electrons. The molecule has 4 saturated carbocycles. The Labute approximate surface area is 179 Å². The predicted octanol–water partition coefficient (Wildman–Crippen LogP) is 1.87. The van der Waals surface area contributed by atoms with Crippen LogP contribution < -0.4 is 10.2 Å². The first-order valence-electron chi connectivity index (χ1n) is 11.4. The molecule has 0 radical (unpaired) electrons. The smallest absolute Gasteiger partial charge is 0.226 e. The van der Waals surface area contributed by atoms with Gasteiger partial charge in [-0.3, -0.25) is 4.79 Å². The number of pyridine rings is 1. The summed E-state index contributed by atoms with van der Waals surface area (Å²) in [6.07, 6.45) is 8.67. The summed E-state index contributed by atoms with van der Waals surface area (Å²) >= 11 is 0. The van der Waals surface area contributed by atoms with Gasteiger partial charge in [-0.15, -0.1) is 0 Å². The number of aromatic nitrogens is 1. The number of rotatable bonds is 6. The maximum atomic E-state index is 13.0. The first-order valence-corrected chi connectivity index (χ1v) is 13.0. The molecule has 8 heteroatoms. The van der Waals surface area contributed by atoms with E-state index >= 15 is 0 Å². The molecule has 6 rings (SSSR count). The van der Waals surface area contributed by atoms with Crippen molar-refractivity contribution in [1.82, 2.24) is 14.6 Å². The molecule has 1 aromatic heterocycles. The van der Waals surface area contributed by atoms with Crippen LogP contribution in [0.2, 0.25) is 0 Å². The van der Waals surface area contributed by atoms with Crippen LogP contribution >= 0.6 is 0 Å². The van der Waals surface area contributed by atoms with Crippen molar-refractivity contribution in [3.63, 3.8) is 0 Å². The summed E-state index contributed by atoms with van der Waals surface area (Å²) in [6.45, 7) is 2.40. The van der Waals surface area contributed by atoms with E-state index in [1.807, 2.05) is 18.2 Å². The van der Waals surface area contributed by atoms with Crippen LogP contribution in [0, 0.1) is 23.2 Å². The summed E-state index contributed by atoms with van der Waals surface area (Å²) in [5.41, 5.74) is -0.215. The zero-order valence-corrected chi connectivity index (χ0v) is 18.3. The van der Waals surface area contributed by atoms with E-state index in [4.69, 9.17) is 0 Å². The van der Waals surface area contributed by atoms with E-state index in [1.54, 1.807) is 10.5 Å². The average molecular weight is 433 g/mol. The Morgan fingerprint density at radius 3 is 2.23 bits per heavy atom. The van der Waals surface area contributed by atoms with Crippen molar-refractivity contribution in [2.45, 2.75) is 38.5 Å². The summed E-state index contributed by atoms with van der Waals surface area (Å²) in [5, 5.41) is 3.00. The van der Waals surface area contributed by atoms with Gasteiger partial charge in [0.25, 0.3) is 0 Å². The monoisotopic (exact) mass is 432 g/mol. The zero-order chi connectivity index (χ0) is 20.8. The summed E-state index contributed by atoms with van der Waals surface area (Å²) in [6, 6.07) is 5.77. The SMILES string of the molecule is O=C(NCCS(=O)(=O)N1CCN(c2ccccn2)CC1)C12CC3CC(CC(C3)C1)C2. The molecule has 4 bridgehead atoms. The number of carbonyl (C=O) groups is 1. The van der Waals surface area contributed by atoms with Gasteiger partial charge < -0.3 is 10.2 Å². The number of hydrogen-bond acceptors (Lipinski definition) is 5. The van der Waals surface area contributed by atoms with E-state index in [9.17, 15) is 13.2 Å². The number of piperazine rings is 1. The van der Waals surface area contributed by atoms with E-state index in [0.717, 1.165) is 25.1 Å². The van der Waals surface area contributed by atoms with Gasteiger partial charge in [0, 0.05) is 44.3 Å². The highest BCUT2D eigenvalue weighted by atomic mass is 32.2. The van der Waals surface area contributed by atoms with Gasteiger partial charge in [0.2, 0.25) is 15.9 Å². The Morgan fingerprint density at radius 1 is 1.03 bits per heavy atom. The highest BCUT2D eigenvalue weighted by molar-refractivity contribution is 7.89. The quantitative estimate of drug-likeness (QED) is 0.742. The molecule has 0 aromatic carbocycles. The van der Waals surface area contributed by atoms with Crippen molar-refractivity contribution < 1.29 is 13.2 Å². The fraction of sp³-hybridized carbons (Fsp3) is 0.727. The molecule has 1 saturated heterocycles. The van der Waals surface area contributed by atoms with Crippen molar-refractivity contribution in [3.05, 3.63) is 24.4 Å². The normalized spacial score (nSPS) is 33.6. The summed E-state index contributed by atoms with van der Waals surface area (Å²) in [5.74, 6) is 3.10. The fourth-order valence-corrected chi connectivity index (χ4v) is 8.07. The first-order chi connectivity index (χ1) is 14.4. The third kappa shape index (κ3) is 3.84. The largest absolute Gasteiger partial charge is 0.355 e. The third-order valence-electron chi connectivity index (χ3n) is 7.77. The lowest BCUT2D eigenvalue weighted by molar-refractivity contribution is -0.146. The molecule has 5 fully saturated rings. The maximum absolute atomic E-state index is 13.0. The van der Waals surface area contributed by atoms with Crippen LogP contribution in [-0.2, 0) is 14.8 Å². The third-order valence-corrected chi connectivity index (χ3v) is 9.64. The van der Waals surface area contributed by atoms with Gasteiger partial charge in [-0.2, -0.15) is 4.31 Å². The minimum atomic E-state index is -3.37. The van der Waals surface area contributed by atoms with Gasteiger partial charge in [-0.25, -0.2) is 13.4 Å². The second-order valence-electron chi connectivity index (χ2n) is 9.84. The molecule has 7 nitrogen and oxygen atoms in total. The Balaban J connectivity index is 1.12. The van der Waals surface area contributed by atoms with Gasteiger partial charge in [-0.05, 0) is 68.4 Å². The molecule has 1 aliphatic heterocycles. The van der Waals surface area contributed by atoms with Crippen molar-refractivity contribution >= 4 is 21.7 Å². The molecule has 2 heterocycles. The van der Waals surface area contributed by atoms with Crippen molar-refractivity contribution in [3.8, 4) is 0 Å². The van der Waals surface area contributed by atoms with Crippen LogP contribution in [0.4, 0.5) is 5.82 Å². The van der Waals surface area contributed by atoms with Crippen LogP contribution in [0.1, 0.15) is 38.5 Å². The van der Waals surface area contributed by atoms with E-state index in [0.29, 0.717) is 43.9 Å². The van der Waals surface area contributed by atoms with Crippen LogP contribution in [0.25, 0.3) is 0 Å². The highest BCUT2D eigenvalue weighted by Gasteiger charge is 2.54. The van der Waals surface area contributed by atoms with Gasteiger partial charge in [-0.1, -0.05) is 6.07 Å². The molecule has 1 aromatic rings. The Morgan fingerprint density at radius 2 is 1.67 bits per heavy atom. The minimum Gasteiger partial charge on any atom is -0.355 e. The predicted molar refractivity (Wildman–Crippen MR) is 115 cm³/mol. The lowest BCUT2D eigenvalue weighted by atomic mass is 9.49. The van der Waals surface area contributed by atoms with Crippen molar-refractivity contribution in [2.24, 2.45) is 23.2 Å². The summed E-state index contributed by atoms with van der Waals surface area (Å²) < 4.78 is 27.2. The topological polar surface area (TPSA) is 82.6 Å².